The van der Waals surface area contributed by atoms with Crippen LogP contribution < -0.4 is 4.74 Å². The molecular formula is C10H10F2O3. The summed E-state index contributed by atoms with van der Waals surface area (Å²) in [6, 6.07) is 4.85. The minimum absolute atomic E-state index is 0.0597. The number of rotatable bonds is 4. The number of hydrogen-bond acceptors (Lipinski definition) is 3. The van der Waals surface area contributed by atoms with Gasteiger partial charge in [0.15, 0.2) is 0 Å². The highest BCUT2D eigenvalue weighted by Crippen LogP contribution is 2.14. The molecule has 1 aromatic rings. The van der Waals surface area contributed by atoms with Crippen LogP contribution in [0.1, 0.15) is 6.92 Å². The summed E-state index contributed by atoms with van der Waals surface area (Å²) in [7, 11) is 0. The predicted molar refractivity (Wildman–Crippen MR) is 48.6 cm³/mol. The maximum absolute atomic E-state index is 13.0. The summed E-state index contributed by atoms with van der Waals surface area (Å²) in [4.78, 5) is 10.8. The lowest BCUT2D eigenvalue weighted by Crippen LogP contribution is -2.24. The van der Waals surface area contributed by atoms with Gasteiger partial charge in [-0.05, 0) is 19.1 Å². The van der Waals surface area contributed by atoms with Gasteiger partial charge in [-0.25, -0.2) is 9.18 Å². The minimum Gasteiger partial charge on any atom is -0.461 e. The first kappa shape index (κ1) is 11.4. The van der Waals surface area contributed by atoms with Crippen LogP contribution in [0.15, 0.2) is 24.3 Å². The van der Waals surface area contributed by atoms with E-state index in [1.165, 1.54) is 18.2 Å². The number of benzene rings is 1. The molecule has 1 atom stereocenters. The Morgan fingerprint density at radius 2 is 2.27 bits per heavy atom. The Hall–Kier alpha value is -1.65. The van der Waals surface area contributed by atoms with Crippen LogP contribution in [-0.2, 0) is 9.53 Å². The normalized spacial score (nSPS) is 11.9. The first-order chi connectivity index (χ1) is 7.13. The largest absolute Gasteiger partial charge is 0.461 e. The molecule has 0 aliphatic carbocycles. The van der Waals surface area contributed by atoms with E-state index in [0.29, 0.717) is 0 Å². The fourth-order valence-electron chi connectivity index (χ4n) is 0.916. The van der Waals surface area contributed by atoms with Crippen LogP contribution in [0.4, 0.5) is 8.78 Å². The number of ether oxygens (including phenoxy) is 2. The predicted octanol–water partition coefficient (Wildman–Crippen LogP) is 2.06. The smallest absolute Gasteiger partial charge is 0.381 e. The van der Waals surface area contributed by atoms with Crippen LogP contribution in [0.3, 0.4) is 0 Å². The van der Waals surface area contributed by atoms with E-state index >= 15 is 0 Å². The highest BCUT2D eigenvalue weighted by atomic mass is 19.1. The molecule has 0 radical (unpaired) electrons. The van der Waals surface area contributed by atoms with Crippen molar-refractivity contribution in [2.24, 2.45) is 0 Å². The Labute approximate surface area is 85.6 Å². The molecule has 0 fully saturated rings. The summed E-state index contributed by atoms with van der Waals surface area (Å²) in [5.41, 5.74) is 0. The molecule has 0 heterocycles. The van der Waals surface area contributed by atoms with Gasteiger partial charge in [0.05, 0.1) is 6.61 Å². The van der Waals surface area contributed by atoms with E-state index in [1.54, 1.807) is 6.92 Å². The Balaban J connectivity index is 2.58. The van der Waals surface area contributed by atoms with Gasteiger partial charge in [0.1, 0.15) is 11.6 Å². The zero-order valence-electron chi connectivity index (χ0n) is 8.07. The van der Waals surface area contributed by atoms with Gasteiger partial charge in [-0.15, -0.1) is 0 Å². The average Bonchev–Trinajstić information content (AvgIpc) is 2.18. The van der Waals surface area contributed by atoms with Crippen molar-refractivity contribution in [2.45, 2.75) is 13.3 Å². The molecule has 0 spiro atoms. The van der Waals surface area contributed by atoms with Crippen LogP contribution in [0.25, 0.3) is 0 Å². The second-order valence-corrected chi connectivity index (χ2v) is 2.64. The molecule has 1 rings (SSSR count). The maximum Gasteiger partial charge on any atom is 0.381 e. The molecule has 15 heavy (non-hydrogen) atoms. The number of alkyl halides is 1. The molecule has 0 bridgehead atoms. The van der Waals surface area contributed by atoms with E-state index in [1.807, 2.05) is 0 Å². The fourth-order valence-corrected chi connectivity index (χ4v) is 0.916. The Morgan fingerprint density at radius 3 is 2.87 bits per heavy atom. The summed E-state index contributed by atoms with van der Waals surface area (Å²) in [5, 5.41) is 0. The molecule has 0 N–H and O–H groups in total. The van der Waals surface area contributed by atoms with Crippen LogP contribution in [-0.4, -0.2) is 18.9 Å². The highest BCUT2D eigenvalue weighted by molar-refractivity contribution is 5.73. The van der Waals surface area contributed by atoms with Gasteiger partial charge in [0, 0.05) is 6.07 Å². The number of halogens is 2. The van der Waals surface area contributed by atoms with Crippen LogP contribution in [0.5, 0.6) is 5.75 Å². The second kappa shape index (κ2) is 5.29. The van der Waals surface area contributed by atoms with Gasteiger partial charge in [-0.2, -0.15) is 4.39 Å². The SMILES string of the molecule is CCOC(=O)C(F)Oc1cccc(F)c1. The lowest BCUT2D eigenvalue weighted by molar-refractivity contribution is -0.159. The molecule has 0 aliphatic heterocycles. The van der Waals surface area contributed by atoms with E-state index in [2.05, 4.69) is 9.47 Å². The van der Waals surface area contributed by atoms with E-state index in [9.17, 15) is 13.6 Å². The van der Waals surface area contributed by atoms with Gasteiger partial charge < -0.3 is 9.47 Å². The zero-order valence-corrected chi connectivity index (χ0v) is 8.07. The maximum atomic E-state index is 13.0. The summed E-state index contributed by atoms with van der Waals surface area (Å²) >= 11 is 0. The van der Waals surface area contributed by atoms with Crippen molar-refractivity contribution in [3.8, 4) is 5.75 Å². The molecule has 0 saturated heterocycles. The van der Waals surface area contributed by atoms with Crippen molar-refractivity contribution in [2.75, 3.05) is 6.61 Å². The van der Waals surface area contributed by atoms with Crippen LogP contribution >= 0.6 is 0 Å². The number of hydrogen-bond donors (Lipinski definition) is 0. The molecular weight excluding hydrogens is 206 g/mol. The summed E-state index contributed by atoms with van der Waals surface area (Å²) < 4.78 is 34.5. The average molecular weight is 216 g/mol. The van der Waals surface area contributed by atoms with Crippen molar-refractivity contribution in [1.82, 2.24) is 0 Å². The third kappa shape index (κ3) is 3.53. The fraction of sp³-hybridized carbons (Fsp3) is 0.300. The van der Waals surface area contributed by atoms with Gasteiger partial charge >= 0.3 is 12.3 Å². The lowest BCUT2D eigenvalue weighted by atomic mass is 10.3. The summed E-state index contributed by atoms with van der Waals surface area (Å²) in [6.45, 7) is 1.61. The first-order valence-corrected chi connectivity index (χ1v) is 4.36. The molecule has 0 amide bonds. The second-order valence-electron chi connectivity index (χ2n) is 2.64. The van der Waals surface area contributed by atoms with Crippen LogP contribution in [0.2, 0.25) is 0 Å². The Morgan fingerprint density at radius 1 is 1.53 bits per heavy atom. The summed E-state index contributed by atoms with van der Waals surface area (Å²) in [5.74, 6) is -1.75. The van der Waals surface area contributed by atoms with Gasteiger partial charge in [-0.3, -0.25) is 0 Å². The number of esters is 1. The lowest BCUT2D eigenvalue weighted by Gasteiger charge is -2.09. The molecule has 3 nitrogen and oxygen atoms in total. The molecule has 0 aromatic heterocycles. The standard InChI is InChI=1S/C10H10F2O3/c1-2-14-10(13)9(12)15-8-5-3-4-7(11)6-8/h3-6,9H,2H2,1H3. The van der Waals surface area contributed by atoms with E-state index in [-0.39, 0.29) is 12.4 Å². The van der Waals surface area contributed by atoms with E-state index < -0.39 is 18.1 Å². The molecule has 5 heteroatoms. The molecule has 0 aliphatic rings. The quantitative estimate of drug-likeness (QED) is 0.722. The number of carbonyl (C=O) groups excluding carboxylic acids is 1. The monoisotopic (exact) mass is 216 g/mol. The van der Waals surface area contributed by atoms with Crippen molar-refractivity contribution in [3.63, 3.8) is 0 Å². The van der Waals surface area contributed by atoms with Crippen molar-refractivity contribution >= 4 is 5.97 Å². The highest BCUT2D eigenvalue weighted by Gasteiger charge is 2.20. The van der Waals surface area contributed by atoms with Gasteiger partial charge in [0.25, 0.3) is 0 Å². The Bertz CT molecular complexity index is 341. The molecule has 1 aromatic carbocycles. The van der Waals surface area contributed by atoms with Gasteiger partial charge in [-0.1, -0.05) is 6.07 Å². The van der Waals surface area contributed by atoms with Crippen molar-refractivity contribution in [3.05, 3.63) is 30.1 Å². The van der Waals surface area contributed by atoms with E-state index in [4.69, 9.17) is 0 Å². The zero-order chi connectivity index (χ0) is 11.3. The van der Waals surface area contributed by atoms with Gasteiger partial charge in [0.2, 0.25) is 0 Å². The topological polar surface area (TPSA) is 35.5 Å². The minimum atomic E-state index is -2.23. The van der Waals surface area contributed by atoms with Crippen molar-refractivity contribution in [1.29, 1.82) is 0 Å². The Kier molecular flexibility index (Phi) is 4.03. The molecule has 82 valence electrons. The van der Waals surface area contributed by atoms with Crippen molar-refractivity contribution < 1.29 is 23.0 Å². The first-order valence-electron chi connectivity index (χ1n) is 4.36. The molecule has 1 unspecified atom stereocenters. The van der Waals surface area contributed by atoms with E-state index in [0.717, 1.165) is 6.07 Å². The number of carbonyl (C=O) groups is 1. The third-order valence-corrected chi connectivity index (χ3v) is 1.51. The van der Waals surface area contributed by atoms with Crippen LogP contribution in [0, 0.1) is 5.82 Å². The third-order valence-electron chi connectivity index (χ3n) is 1.51. The molecule has 0 saturated carbocycles. The summed E-state index contributed by atoms with van der Waals surface area (Å²) in [6.07, 6.45) is -2.23.